The molecule has 164 valence electrons. The summed E-state index contributed by atoms with van der Waals surface area (Å²) in [5.74, 6) is -0.139. The summed E-state index contributed by atoms with van der Waals surface area (Å²) in [5.41, 5.74) is 0.171. The Morgan fingerprint density at radius 1 is 1.03 bits per heavy atom. The average Bonchev–Trinajstić information content (AvgIpc) is 2.83. The van der Waals surface area contributed by atoms with Crippen LogP contribution >= 0.6 is 0 Å². The lowest BCUT2D eigenvalue weighted by Crippen LogP contribution is -2.40. The van der Waals surface area contributed by atoms with Crippen LogP contribution in [0.4, 0.5) is 36.8 Å². The van der Waals surface area contributed by atoms with Crippen molar-refractivity contribution in [1.29, 1.82) is 0 Å². The number of carbonyl (C=O) groups is 1. The van der Waals surface area contributed by atoms with Crippen molar-refractivity contribution in [2.45, 2.75) is 18.8 Å². The number of nitrogens with one attached hydrogen (secondary N) is 1. The zero-order valence-electron chi connectivity index (χ0n) is 15.6. The summed E-state index contributed by atoms with van der Waals surface area (Å²) < 4.78 is 84.4. The molecule has 2 amide bonds. The molecule has 0 aliphatic carbocycles. The number of amides is 2. The van der Waals surface area contributed by atoms with Gasteiger partial charge in [-0.2, -0.15) is 26.3 Å². The molecule has 1 heterocycles. The fraction of sp³-hybridized carbons (Fsp3) is 0.588. The van der Waals surface area contributed by atoms with Crippen molar-refractivity contribution in [3.63, 3.8) is 0 Å². The van der Waals surface area contributed by atoms with Gasteiger partial charge in [-0.3, -0.25) is 4.90 Å². The van der Waals surface area contributed by atoms with Crippen molar-refractivity contribution in [3.05, 3.63) is 18.2 Å². The number of anilines is 1. The lowest BCUT2D eigenvalue weighted by atomic mass is 10.2. The Morgan fingerprint density at radius 2 is 1.76 bits per heavy atom. The van der Waals surface area contributed by atoms with E-state index in [-0.39, 0.29) is 43.4 Å². The van der Waals surface area contributed by atoms with Crippen LogP contribution in [0, 0.1) is 0 Å². The number of carbonyl (C=O) groups excluding carboxylic acids is 1. The van der Waals surface area contributed by atoms with Crippen molar-refractivity contribution >= 4 is 11.7 Å². The highest BCUT2D eigenvalue weighted by Gasteiger charge is 2.32. The highest BCUT2D eigenvalue weighted by Crippen LogP contribution is 2.32. The highest BCUT2D eigenvalue weighted by atomic mass is 19.4. The highest BCUT2D eigenvalue weighted by molar-refractivity contribution is 5.89. The summed E-state index contributed by atoms with van der Waals surface area (Å²) in [5, 5.41) is 2.52. The molecule has 1 saturated heterocycles. The number of urea groups is 1. The Morgan fingerprint density at radius 3 is 2.38 bits per heavy atom. The monoisotopic (exact) mass is 429 g/mol. The van der Waals surface area contributed by atoms with E-state index < -0.39 is 31.5 Å². The molecule has 1 aliphatic heterocycles. The van der Waals surface area contributed by atoms with Gasteiger partial charge in [-0.15, -0.1) is 0 Å². The van der Waals surface area contributed by atoms with Crippen LogP contribution in [-0.2, 0) is 0 Å². The van der Waals surface area contributed by atoms with E-state index in [4.69, 9.17) is 9.47 Å². The minimum Gasteiger partial charge on any atom is -0.493 e. The quantitative estimate of drug-likeness (QED) is 0.725. The van der Waals surface area contributed by atoms with Gasteiger partial charge < -0.3 is 19.7 Å². The number of alkyl halides is 6. The first-order valence-corrected chi connectivity index (χ1v) is 8.69. The van der Waals surface area contributed by atoms with Gasteiger partial charge in [-0.25, -0.2) is 4.79 Å². The van der Waals surface area contributed by atoms with Crippen molar-refractivity contribution in [2.75, 3.05) is 51.8 Å². The third-order valence-electron chi connectivity index (χ3n) is 4.08. The van der Waals surface area contributed by atoms with Crippen LogP contribution < -0.4 is 14.8 Å². The fourth-order valence-electron chi connectivity index (χ4n) is 2.82. The second kappa shape index (κ2) is 9.42. The SMILES string of the molecule is COc1ccc(NC(=O)N2CCCN(CC(F)(F)F)CC2)cc1OCC(F)(F)F. The van der Waals surface area contributed by atoms with Crippen molar-refractivity contribution in [1.82, 2.24) is 9.80 Å². The van der Waals surface area contributed by atoms with Crippen molar-refractivity contribution < 1.29 is 40.6 Å². The molecule has 6 nitrogen and oxygen atoms in total. The lowest BCUT2D eigenvalue weighted by molar-refractivity contribution is -0.153. The van der Waals surface area contributed by atoms with Crippen molar-refractivity contribution in [3.8, 4) is 11.5 Å². The summed E-state index contributed by atoms with van der Waals surface area (Å²) in [6, 6.07) is 3.39. The molecule has 1 fully saturated rings. The van der Waals surface area contributed by atoms with Crippen LogP contribution in [0.1, 0.15) is 6.42 Å². The molecule has 0 aromatic heterocycles. The van der Waals surface area contributed by atoms with Gasteiger partial charge in [0.15, 0.2) is 18.1 Å². The molecule has 1 aliphatic rings. The first-order valence-electron chi connectivity index (χ1n) is 8.69. The number of ether oxygens (including phenoxy) is 2. The molecule has 1 N–H and O–H groups in total. The number of hydrogen-bond donors (Lipinski definition) is 1. The first-order chi connectivity index (χ1) is 13.5. The normalized spacial score (nSPS) is 16.3. The molecule has 0 spiro atoms. The van der Waals surface area contributed by atoms with Crippen molar-refractivity contribution in [2.24, 2.45) is 0 Å². The van der Waals surface area contributed by atoms with Gasteiger partial charge in [0.2, 0.25) is 0 Å². The third-order valence-corrected chi connectivity index (χ3v) is 4.08. The number of benzene rings is 1. The average molecular weight is 429 g/mol. The van der Waals surface area contributed by atoms with Gasteiger partial charge in [0.1, 0.15) is 0 Å². The van der Waals surface area contributed by atoms with E-state index in [1.807, 2.05) is 0 Å². The zero-order chi connectivity index (χ0) is 21.7. The summed E-state index contributed by atoms with van der Waals surface area (Å²) in [4.78, 5) is 15.0. The molecule has 2 rings (SSSR count). The largest absolute Gasteiger partial charge is 0.493 e. The molecule has 0 saturated carbocycles. The Kier molecular flexibility index (Phi) is 7.44. The summed E-state index contributed by atoms with van der Waals surface area (Å²) in [7, 11) is 1.26. The van der Waals surface area contributed by atoms with Crippen LogP contribution in [0.15, 0.2) is 18.2 Å². The van der Waals surface area contributed by atoms with Gasteiger partial charge in [-0.05, 0) is 18.6 Å². The van der Waals surface area contributed by atoms with Crippen LogP contribution in [0.5, 0.6) is 11.5 Å². The number of hydrogen-bond acceptors (Lipinski definition) is 4. The Balaban J connectivity index is 1.99. The second-order valence-corrected chi connectivity index (χ2v) is 6.43. The van der Waals surface area contributed by atoms with Crippen LogP contribution in [0.3, 0.4) is 0 Å². The van der Waals surface area contributed by atoms with Gasteiger partial charge in [0, 0.05) is 37.9 Å². The summed E-state index contributed by atoms with van der Waals surface area (Å²) in [6.07, 6.45) is -8.49. The number of halogens is 6. The Hall–Kier alpha value is -2.37. The van der Waals surface area contributed by atoms with E-state index in [0.29, 0.717) is 6.42 Å². The number of nitrogens with zero attached hydrogens (tertiary/aromatic N) is 2. The van der Waals surface area contributed by atoms with Crippen LogP contribution in [0.2, 0.25) is 0 Å². The minimum absolute atomic E-state index is 0.0600. The maximum atomic E-state index is 12.5. The maximum absolute atomic E-state index is 12.5. The van der Waals surface area contributed by atoms with Gasteiger partial charge in [0.25, 0.3) is 0 Å². The van der Waals surface area contributed by atoms with Gasteiger partial charge in [-0.1, -0.05) is 0 Å². The summed E-state index contributed by atoms with van der Waals surface area (Å²) in [6.45, 7) is -1.94. The third kappa shape index (κ3) is 7.87. The molecule has 1 aromatic rings. The number of methoxy groups -OCH3 is 1. The molecule has 29 heavy (non-hydrogen) atoms. The molecule has 0 atom stereocenters. The lowest BCUT2D eigenvalue weighted by Gasteiger charge is -2.23. The molecule has 12 heteroatoms. The predicted octanol–water partition coefficient (Wildman–Crippen LogP) is 3.74. The van der Waals surface area contributed by atoms with E-state index >= 15 is 0 Å². The Labute approximate surface area is 163 Å². The van der Waals surface area contributed by atoms with E-state index in [9.17, 15) is 31.1 Å². The van der Waals surface area contributed by atoms with Crippen LogP contribution in [-0.4, -0.2) is 74.6 Å². The zero-order valence-corrected chi connectivity index (χ0v) is 15.6. The first kappa shape index (κ1) is 22.9. The van der Waals surface area contributed by atoms with Gasteiger partial charge in [0.05, 0.1) is 13.7 Å². The molecule has 0 unspecified atom stereocenters. The predicted molar refractivity (Wildman–Crippen MR) is 92.2 cm³/mol. The molecule has 0 bridgehead atoms. The number of rotatable bonds is 5. The molecule has 1 aromatic carbocycles. The van der Waals surface area contributed by atoms with Gasteiger partial charge >= 0.3 is 18.4 Å². The van der Waals surface area contributed by atoms with E-state index in [0.717, 1.165) is 0 Å². The standard InChI is InChI=1S/C17H21F6N3O3/c1-28-13-4-3-12(9-14(13)29-11-17(21,22)23)24-15(27)26-6-2-5-25(7-8-26)10-16(18,19)20/h3-4,9H,2,5-8,10-11H2,1H3,(H,24,27). The smallest absolute Gasteiger partial charge is 0.422 e. The van der Waals surface area contributed by atoms with E-state index in [2.05, 4.69) is 5.32 Å². The maximum Gasteiger partial charge on any atom is 0.422 e. The molecular formula is C17H21F6N3O3. The van der Waals surface area contributed by atoms with E-state index in [1.165, 1.54) is 35.1 Å². The summed E-state index contributed by atoms with van der Waals surface area (Å²) >= 11 is 0. The molecular weight excluding hydrogens is 408 g/mol. The Bertz CT molecular complexity index is 696. The van der Waals surface area contributed by atoms with Crippen LogP contribution in [0.25, 0.3) is 0 Å². The second-order valence-electron chi connectivity index (χ2n) is 6.43. The molecule has 0 radical (unpaired) electrons. The minimum atomic E-state index is -4.54. The fourth-order valence-corrected chi connectivity index (χ4v) is 2.82. The topological polar surface area (TPSA) is 54.0 Å². The van der Waals surface area contributed by atoms with E-state index in [1.54, 1.807) is 0 Å².